The van der Waals surface area contributed by atoms with Crippen LogP contribution in [-0.4, -0.2) is 56.7 Å². The fraction of sp³-hybridized carbons (Fsp3) is 0.333. The van der Waals surface area contributed by atoms with Crippen molar-refractivity contribution in [3.05, 3.63) is 30.3 Å². The summed E-state index contributed by atoms with van der Waals surface area (Å²) in [5.41, 5.74) is 0. The Morgan fingerprint density at radius 2 is 1.68 bits per heavy atom. The SMILES string of the molecule is Oc1cc(O[C@@H]2OC[C@@H](O)[C@H](O)[C@H]2O)c2ccccc2c1O. The minimum Gasteiger partial charge on any atom is -0.504 e. The average Bonchev–Trinajstić information content (AvgIpc) is 2.53. The summed E-state index contributed by atoms with van der Waals surface area (Å²) in [5.74, 6) is -0.471. The molecule has 1 aliphatic rings. The van der Waals surface area contributed by atoms with Crippen molar-refractivity contribution in [2.24, 2.45) is 0 Å². The van der Waals surface area contributed by atoms with Gasteiger partial charge in [0.15, 0.2) is 11.5 Å². The van der Waals surface area contributed by atoms with E-state index in [0.717, 1.165) is 0 Å². The lowest BCUT2D eigenvalue weighted by Gasteiger charge is -2.35. The fourth-order valence-corrected chi connectivity index (χ4v) is 2.42. The van der Waals surface area contributed by atoms with Gasteiger partial charge in [-0.25, -0.2) is 0 Å². The number of fused-ring (bicyclic) bond motifs is 1. The summed E-state index contributed by atoms with van der Waals surface area (Å²) < 4.78 is 10.7. The van der Waals surface area contributed by atoms with E-state index in [9.17, 15) is 25.5 Å². The molecule has 3 rings (SSSR count). The number of hydrogen-bond donors (Lipinski definition) is 5. The molecule has 0 bridgehead atoms. The number of rotatable bonds is 2. The van der Waals surface area contributed by atoms with Gasteiger partial charge in [0.1, 0.15) is 24.1 Å². The molecule has 5 N–H and O–H groups in total. The Kier molecular flexibility index (Phi) is 3.79. The van der Waals surface area contributed by atoms with Gasteiger partial charge in [-0.3, -0.25) is 0 Å². The van der Waals surface area contributed by atoms with Crippen LogP contribution in [-0.2, 0) is 4.74 Å². The van der Waals surface area contributed by atoms with Gasteiger partial charge in [0, 0.05) is 16.8 Å². The van der Waals surface area contributed by atoms with Gasteiger partial charge in [-0.2, -0.15) is 0 Å². The van der Waals surface area contributed by atoms with Crippen LogP contribution >= 0.6 is 0 Å². The molecule has 2 aromatic rings. The number of benzene rings is 2. The third-order valence-corrected chi connectivity index (χ3v) is 3.66. The second kappa shape index (κ2) is 5.62. The number of aliphatic hydroxyl groups excluding tert-OH is 3. The first-order chi connectivity index (χ1) is 10.5. The standard InChI is InChI=1S/C15H16O7/c16-9-5-11(7-3-1-2-4-8(7)12(9)18)22-15-14(20)13(19)10(17)6-21-15/h1-5,10,13-20H,6H2/t10-,13+,14-,15+/m1/s1. The van der Waals surface area contributed by atoms with E-state index in [-0.39, 0.29) is 23.9 Å². The molecule has 1 saturated heterocycles. The summed E-state index contributed by atoms with van der Waals surface area (Å²) >= 11 is 0. The van der Waals surface area contributed by atoms with E-state index in [1.54, 1.807) is 24.3 Å². The number of phenolic OH excluding ortho intramolecular Hbond substituents is 2. The molecule has 0 spiro atoms. The molecule has 2 aromatic carbocycles. The lowest BCUT2D eigenvalue weighted by Crippen LogP contribution is -2.54. The number of ether oxygens (including phenoxy) is 2. The van der Waals surface area contributed by atoms with Crippen LogP contribution in [0.2, 0.25) is 0 Å². The van der Waals surface area contributed by atoms with Crippen molar-refractivity contribution in [1.82, 2.24) is 0 Å². The van der Waals surface area contributed by atoms with Gasteiger partial charge in [-0.05, 0) is 0 Å². The Morgan fingerprint density at radius 3 is 2.41 bits per heavy atom. The van der Waals surface area contributed by atoms with Crippen LogP contribution in [0.4, 0.5) is 0 Å². The molecule has 1 fully saturated rings. The van der Waals surface area contributed by atoms with Gasteiger partial charge in [-0.1, -0.05) is 24.3 Å². The largest absolute Gasteiger partial charge is 0.504 e. The summed E-state index contributed by atoms with van der Waals surface area (Å²) in [6.45, 7) is -0.190. The quantitative estimate of drug-likeness (QED) is 0.498. The topological polar surface area (TPSA) is 120 Å². The first kappa shape index (κ1) is 14.9. The van der Waals surface area contributed by atoms with Crippen LogP contribution in [0.15, 0.2) is 30.3 Å². The predicted molar refractivity (Wildman–Crippen MR) is 75.7 cm³/mol. The summed E-state index contributed by atoms with van der Waals surface area (Å²) in [6, 6.07) is 7.89. The summed E-state index contributed by atoms with van der Waals surface area (Å²) in [4.78, 5) is 0. The molecule has 0 unspecified atom stereocenters. The summed E-state index contributed by atoms with van der Waals surface area (Å²) in [7, 11) is 0. The zero-order valence-electron chi connectivity index (χ0n) is 11.5. The van der Waals surface area contributed by atoms with Crippen LogP contribution in [0.1, 0.15) is 0 Å². The molecule has 0 saturated carbocycles. The number of aliphatic hydroxyl groups is 3. The van der Waals surface area contributed by atoms with E-state index in [0.29, 0.717) is 10.8 Å². The highest BCUT2D eigenvalue weighted by Gasteiger charge is 2.39. The molecular weight excluding hydrogens is 292 g/mol. The van der Waals surface area contributed by atoms with Gasteiger partial charge >= 0.3 is 0 Å². The first-order valence-electron chi connectivity index (χ1n) is 6.75. The molecular formula is C15H16O7. The van der Waals surface area contributed by atoms with Crippen LogP contribution in [0.25, 0.3) is 10.8 Å². The average molecular weight is 308 g/mol. The van der Waals surface area contributed by atoms with Crippen molar-refractivity contribution < 1.29 is 35.0 Å². The Balaban J connectivity index is 1.96. The first-order valence-corrected chi connectivity index (χ1v) is 6.75. The zero-order chi connectivity index (χ0) is 15.9. The van der Waals surface area contributed by atoms with Crippen molar-refractivity contribution in [2.45, 2.75) is 24.6 Å². The predicted octanol–water partition coefficient (Wildman–Crippen LogP) is 0.0688. The van der Waals surface area contributed by atoms with Crippen molar-refractivity contribution in [2.75, 3.05) is 6.61 Å². The maximum Gasteiger partial charge on any atom is 0.228 e. The van der Waals surface area contributed by atoms with Crippen molar-refractivity contribution in [1.29, 1.82) is 0 Å². The molecule has 1 heterocycles. The highest BCUT2D eigenvalue weighted by atomic mass is 16.7. The van der Waals surface area contributed by atoms with Gasteiger partial charge in [0.05, 0.1) is 6.61 Å². The fourth-order valence-electron chi connectivity index (χ4n) is 2.42. The smallest absolute Gasteiger partial charge is 0.228 e. The maximum atomic E-state index is 9.89. The number of phenols is 2. The van der Waals surface area contributed by atoms with E-state index >= 15 is 0 Å². The Hall–Kier alpha value is -2.06. The minimum absolute atomic E-state index is 0.179. The highest BCUT2D eigenvalue weighted by Crippen LogP contribution is 2.40. The van der Waals surface area contributed by atoms with Crippen LogP contribution in [0.5, 0.6) is 17.2 Å². The maximum absolute atomic E-state index is 9.89. The molecule has 0 aromatic heterocycles. The van der Waals surface area contributed by atoms with Crippen molar-refractivity contribution in [3.8, 4) is 17.2 Å². The van der Waals surface area contributed by atoms with Crippen LogP contribution in [0.3, 0.4) is 0 Å². The van der Waals surface area contributed by atoms with Crippen molar-refractivity contribution >= 4 is 10.8 Å². The minimum atomic E-state index is -1.45. The lowest BCUT2D eigenvalue weighted by atomic mass is 10.1. The zero-order valence-corrected chi connectivity index (χ0v) is 11.5. The molecule has 4 atom stereocenters. The molecule has 7 nitrogen and oxygen atoms in total. The second-order valence-corrected chi connectivity index (χ2v) is 5.16. The van der Waals surface area contributed by atoms with Crippen molar-refractivity contribution in [3.63, 3.8) is 0 Å². The van der Waals surface area contributed by atoms with Crippen LogP contribution in [0, 0.1) is 0 Å². The van der Waals surface area contributed by atoms with Gasteiger partial charge in [0.2, 0.25) is 6.29 Å². The Morgan fingerprint density at radius 1 is 1.00 bits per heavy atom. The van der Waals surface area contributed by atoms with E-state index in [4.69, 9.17) is 9.47 Å². The van der Waals surface area contributed by atoms with Gasteiger partial charge < -0.3 is 35.0 Å². The Labute approximate surface area is 125 Å². The van der Waals surface area contributed by atoms with Crippen LogP contribution < -0.4 is 4.74 Å². The summed E-state index contributed by atoms with van der Waals surface area (Å²) in [6.07, 6.45) is -5.24. The van der Waals surface area contributed by atoms with E-state index in [1.807, 2.05) is 0 Å². The van der Waals surface area contributed by atoms with Gasteiger partial charge in [0.25, 0.3) is 0 Å². The molecule has 7 heteroatoms. The Bertz CT molecular complexity index is 687. The number of hydrogen-bond acceptors (Lipinski definition) is 7. The molecule has 0 aliphatic carbocycles. The van der Waals surface area contributed by atoms with E-state index in [1.165, 1.54) is 6.07 Å². The number of aromatic hydroxyl groups is 2. The second-order valence-electron chi connectivity index (χ2n) is 5.16. The lowest BCUT2D eigenvalue weighted by molar-refractivity contribution is -0.241. The van der Waals surface area contributed by atoms with Gasteiger partial charge in [-0.15, -0.1) is 0 Å². The van der Waals surface area contributed by atoms with E-state index < -0.39 is 24.6 Å². The highest BCUT2D eigenvalue weighted by molar-refractivity contribution is 5.95. The molecule has 118 valence electrons. The van der Waals surface area contributed by atoms with E-state index in [2.05, 4.69) is 0 Å². The molecule has 0 amide bonds. The summed E-state index contributed by atoms with van der Waals surface area (Å²) in [5, 5.41) is 49.5. The molecule has 0 radical (unpaired) electrons. The molecule has 22 heavy (non-hydrogen) atoms. The third-order valence-electron chi connectivity index (χ3n) is 3.66. The monoisotopic (exact) mass is 308 g/mol. The normalized spacial score (nSPS) is 28.7. The third kappa shape index (κ3) is 2.44. The molecule has 1 aliphatic heterocycles.